The number of fused-ring (bicyclic) bond motifs is 3. The molecule has 4 nitrogen and oxygen atoms in total. The Hall–Kier alpha value is -6.65. The van der Waals surface area contributed by atoms with Gasteiger partial charge in [0, 0.05) is 27.5 Å². The number of benzene rings is 7. The van der Waals surface area contributed by atoms with Crippen LogP contribution in [0.5, 0.6) is 0 Å². The zero-order valence-electron chi connectivity index (χ0n) is 36.6. The van der Waals surface area contributed by atoms with Crippen LogP contribution in [-0.2, 0) is 0 Å². The van der Waals surface area contributed by atoms with E-state index in [4.69, 9.17) is 33.1 Å². The van der Waals surface area contributed by atoms with Gasteiger partial charge in [-0.1, -0.05) is 145 Å². The summed E-state index contributed by atoms with van der Waals surface area (Å²) in [6.07, 6.45) is 0. The summed E-state index contributed by atoms with van der Waals surface area (Å²) in [5, 5.41) is -0.313. The average molecular weight is 639 g/mol. The number of hydrogen-bond acceptors (Lipinski definition) is 4. The highest BCUT2D eigenvalue weighted by molar-refractivity contribution is 6.07. The van der Waals surface area contributed by atoms with Crippen molar-refractivity contribution in [3.05, 3.63) is 176 Å². The highest BCUT2D eigenvalue weighted by atomic mass is 16.3. The summed E-state index contributed by atoms with van der Waals surface area (Å²) in [5.41, 5.74) is 3.72. The van der Waals surface area contributed by atoms with Crippen LogP contribution in [0.3, 0.4) is 0 Å². The highest BCUT2D eigenvalue weighted by Gasteiger charge is 2.15. The van der Waals surface area contributed by atoms with Crippen molar-refractivity contribution in [2.45, 2.75) is 0 Å². The maximum absolute atomic E-state index is 9.46. The molecule has 9 aromatic rings. The first-order chi connectivity index (χ1) is 28.8. The minimum Gasteiger partial charge on any atom is -0.456 e. The zero-order chi connectivity index (χ0) is 42.1. The van der Waals surface area contributed by atoms with E-state index in [1.807, 2.05) is 72.8 Å². The summed E-state index contributed by atoms with van der Waals surface area (Å²) in [4.78, 5) is 14.2. The first-order valence-electron chi connectivity index (χ1n) is 21.0. The molecule has 0 aliphatic carbocycles. The molecule has 230 valence electrons. The third kappa shape index (κ3) is 5.56. The molecule has 2 aromatic heterocycles. The molecule has 0 unspecified atom stereocenters. The van der Waals surface area contributed by atoms with E-state index in [0.717, 1.165) is 22.3 Å². The normalized spacial score (nSPS) is 14.4. The van der Waals surface area contributed by atoms with E-state index in [1.165, 1.54) is 0 Å². The monoisotopic (exact) mass is 638 g/mol. The second-order valence-corrected chi connectivity index (χ2v) is 11.2. The molecule has 0 spiro atoms. The lowest BCUT2D eigenvalue weighted by Crippen LogP contribution is -2.00. The predicted molar refractivity (Wildman–Crippen MR) is 200 cm³/mol. The molecule has 0 saturated carbocycles. The molecule has 0 fully saturated rings. The lowest BCUT2D eigenvalue weighted by Gasteiger charge is -2.09. The Bertz CT molecular complexity index is 3170. The summed E-state index contributed by atoms with van der Waals surface area (Å²) < 4.78 is 102. The van der Waals surface area contributed by atoms with Gasteiger partial charge in [0.05, 0.1) is 15.1 Å². The van der Waals surface area contributed by atoms with Crippen molar-refractivity contribution in [2.75, 3.05) is 0 Å². The van der Waals surface area contributed by atoms with Crippen LogP contribution in [0.4, 0.5) is 0 Å². The Morgan fingerprint density at radius 3 is 1.45 bits per heavy atom. The average Bonchev–Trinajstić information content (AvgIpc) is 3.70. The molecule has 9 rings (SSSR count). The van der Waals surface area contributed by atoms with Crippen molar-refractivity contribution < 1.29 is 19.5 Å². The molecule has 0 saturated heterocycles. The summed E-state index contributed by atoms with van der Waals surface area (Å²) in [6, 6.07) is 28.6. The smallest absolute Gasteiger partial charge is 0.164 e. The zero-order valence-corrected chi connectivity index (χ0v) is 25.6. The largest absolute Gasteiger partial charge is 0.456 e. The molecular formula is C45H29N3O. The molecule has 0 amide bonds. The van der Waals surface area contributed by atoms with Gasteiger partial charge >= 0.3 is 0 Å². The predicted octanol–water partition coefficient (Wildman–Crippen LogP) is 11.8. The molecule has 2 heterocycles. The third-order valence-corrected chi connectivity index (χ3v) is 8.12. The van der Waals surface area contributed by atoms with Gasteiger partial charge in [-0.2, -0.15) is 0 Å². The number of rotatable bonds is 6. The van der Waals surface area contributed by atoms with Crippen molar-refractivity contribution in [1.29, 1.82) is 0 Å². The third-order valence-electron chi connectivity index (χ3n) is 8.12. The second kappa shape index (κ2) is 12.2. The molecule has 0 bridgehead atoms. The lowest BCUT2D eigenvalue weighted by atomic mass is 9.99. The fraction of sp³-hybridized carbons (Fsp3) is 0. The van der Waals surface area contributed by atoms with Crippen molar-refractivity contribution in [3.8, 4) is 67.5 Å². The van der Waals surface area contributed by atoms with Gasteiger partial charge in [0.2, 0.25) is 0 Å². The van der Waals surface area contributed by atoms with Crippen molar-refractivity contribution in [3.63, 3.8) is 0 Å². The minimum absolute atomic E-state index is 0.0985. The topological polar surface area (TPSA) is 51.8 Å². The number of hydrogen-bond donors (Lipinski definition) is 0. The van der Waals surface area contributed by atoms with E-state index in [2.05, 4.69) is 36.4 Å². The number of nitrogens with zero attached hydrogens (tertiary/aromatic N) is 3. The van der Waals surface area contributed by atoms with Gasteiger partial charge < -0.3 is 4.42 Å². The van der Waals surface area contributed by atoms with Crippen molar-refractivity contribution >= 4 is 21.9 Å². The number of furan rings is 1. The summed E-state index contributed by atoms with van der Waals surface area (Å²) in [5.74, 6) is 0.377. The first kappa shape index (κ1) is 19.2. The van der Waals surface area contributed by atoms with E-state index in [9.17, 15) is 1.37 Å². The Balaban J connectivity index is 1.21. The SMILES string of the molecule is [2H]c1c([2H])c([2H])c(-c2c([2H])c([2H])c3c(oc4c([2H])c([2H])c(-c5nc(-c6ccccc6)nc(-c6ccc(-c7ccc(-c8ccccc8)cc7)cc6)n5)c([2H])c43)c2[2H])c([2H])c1[2H]. The highest BCUT2D eigenvalue weighted by Crippen LogP contribution is 2.35. The van der Waals surface area contributed by atoms with Crippen LogP contribution in [0.15, 0.2) is 180 Å². The van der Waals surface area contributed by atoms with E-state index >= 15 is 0 Å². The molecule has 49 heavy (non-hydrogen) atoms. The van der Waals surface area contributed by atoms with E-state index in [1.54, 1.807) is 0 Å². The maximum atomic E-state index is 9.46. The van der Waals surface area contributed by atoms with Gasteiger partial charge in [-0.05, 0) is 63.6 Å². The summed E-state index contributed by atoms with van der Waals surface area (Å²) in [6.45, 7) is 0. The molecule has 4 heteroatoms. The lowest BCUT2D eigenvalue weighted by molar-refractivity contribution is 0.669. The van der Waals surface area contributed by atoms with Crippen LogP contribution in [-0.4, -0.2) is 15.0 Å². The second-order valence-electron chi connectivity index (χ2n) is 11.2. The van der Waals surface area contributed by atoms with Gasteiger partial charge in [-0.3, -0.25) is 0 Å². The molecule has 0 aliphatic rings. The Morgan fingerprint density at radius 1 is 0.347 bits per heavy atom. The molecule has 7 aromatic carbocycles. The van der Waals surface area contributed by atoms with Crippen LogP contribution in [0, 0.1) is 0 Å². The van der Waals surface area contributed by atoms with Gasteiger partial charge in [-0.15, -0.1) is 0 Å². The van der Waals surface area contributed by atoms with Gasteiger partial charge in [0.25, 0.3) is 0 Å². The van der Waals surface area contributed by atoms with E-state index in [-0.39, 0.29) is 45.0 Å². The van der Waals surface area contributed by atoms with E-state index in [0.29, 0.717) is 11.1 Å². The standard InChI is InChI=1S/C45H29N3O/c1-4-10-30(11-5-1)32-16-18-33(19-17-32)34-20-22-36(23-21-34)44-46-43(35-14-8-3-9-15-35)47-45(48-44)38-25-27-41-40(28-38)39-26-24-37(29-42(39)49-41)31-12-6-2-7-13-31/h1-29H/i2D,6D,7D,12D,13D,24D,25D,26D,27D,28D,29D. The van der Waals surface area contributed by atoms with E-state index < -0.39 is 77.6 Å². The van der Waals surface area contributed by atoms with Gasteiger partial charge in [-0.25, -0.2) is 15.0 Å². The van der Waals surface area contributed by atoms with Crippen LogP contribution >= 0.6 is 0 Å². The van der Waals surface area contributed by atoms with Crippen molar-refractivity contribution in [1.82, 2.24) is 15.0 Å². The van der Waals surface area contributed by atoms with Crippen LogP contribution in [0.1, 0.15) is 15.1 Å². The quantitative estimate of drug-likeness (QED) is 0.182. The van der Waals surface area contributed by atoms with Gasteiger partial charge in [0.15, 0.2) is 17.5 Å². The summed E-state index contributed by atoms with van der Waals surface area (Å²) in [7, 11) is 0. The molecule has 0 N–H and O–H groups in total. The molecule has 0 radical (unpaired) electrons. The molecular weight excluding hydrogens is 599 g/mol. The Morgan fingerprint density at radius 2 is 0.837 bits per heavy atom. The van der Waals surface area contributed by atoms with Gasteiger partial charge in [0.1, 0.15) is 11.2 Å². The van der Waals surface area contributed by atoms with Crippen molar-refractivity contribution in [2.24, 2.45) is 0 Å². The van der Waals surface area contributed by atoms with Crippen LogP contribution in [0.25, 0.3) is 89.5 Å². The minimum atomic E-state index is -0.678. The molecule has 0 atom stereocenters. The fourth-order valence-electron chi connectivity index (χ4n) is 5.63. The van der Waals surface area contributed by atoms with Crippen LogP contribution < -0.4 is 0 Å². The molecule has 0 aliphatic heterocycles. The first-order valence-corrected chi connectivity index (χ1v) is 15.5. The van der Waals surface area contributed by atoms with Crippen LogP contribution in [0.2, 0.25) is 0 Å². The Kier molecular flexibility index (Phi) is 4.78. The number of aromatic nitrogens is 3. The summed E-state index contributed by atoms with van der Waals surface area (Å²) >= 11 is 0. The fourth-order valence-corrected chi connectivity index (χ4v) is 5.63. The maximum Gasteiger partial charge on any atom is 0.164 e. The Labute approximate surface area is 299 Å².